The van der Waals surface area contributed by atoms with Crippen LogP contribution in [0.15, 0.2) is 0 Å². The van der Waals surface area contributed by atoms with E-state index in [0.717, 1.165) is 11.3 Å². The molecule has 1 rings (SSSR count). The molecule has 1 N–H and O–H groups in total. The largest absolute Gasteiger partial charge is 0.481 e. The van der Waals surface area contributed by atoms with Crippen molar-refractivity contribution in [1.29, 1.82) is 0 Å². The van der Waals surface area contributed by atoms with Crippen molar-refractivity contribution in [1.82, 2.24) is 4.90 Å². The standard InChI is InChI=1S/C10H15NO4/c1-2-3-7(10(14)15)6-11-8(12)4-5-9(11)13/h7H,2-6H2,1H3,(H,14,15). The maximum Gasteiger partial charge on any atom is 0.308 e. The highest BCUT2D eigenvalue weighted by Crippen LogP contribution is 2.16. The molecule has 1 aliphatic rings. The zero-order valence-electron chi connectivity index (χ0n) is 8.73. The van der Waals surface area contributed by atoms with Crippen LogP contribution in [0.4, 0.5) is 0 Å². The van der Waals surface area contributed by atoms with Gasteiger partial charge in [0.25, 0.3) is 0 Å². The summed E-state index contributed by atoms with van der Waals surface area (Å²) in [6, 6.07) is 0. The first-order valence-corrected chi connectivity index (χ1v) is 5.12. The van der Waals surface area contributed by atoms with Gasteiger partial charge in [-0.25, -0.2) is 0 Å². The number of hydrogen-bond donors (Lipinski definition) is 1. The highest BCUT2D eigenvalue weighted by Gasteiger charge is 2.32. The average molecular weight is 213 g/mol. The second-order valence-corrected chi connectivity index (χ2v) is 3.72. The molecule has 1 unspecified atom stereocenters. The van der Waals surface area contributed by atoms with Gasteiger partial charge in [-0.1, -0.05) is 13.3 Å². The highest BCUT2D eigenvalue weighted by atomic mass is 16.4. The second-order valence-electron chi connectivity index (χ2n) is 3.72. The summed E-state index contributed by atoms with van der Waals surface area (Å²) in [5, 5.41) is 8.89. The van der Waals surface area contributed by atoms with E-state index in [-0.39, 0.29) is 31.2 Å². The van der Waals surface area contributed by atoms with Crippen LogP contribution in [0.3, 0.4) is 0 Å². The van der Waals surface area contributed by atoms with Crippen LogP contribution in [0.2, 0.25) is 0 Å². The van der Waals surface area contributed by atoms with Gasteiger partial charge in [-0.05, 0) is 6.42 Å². The fourth-order valence-corrected chi connectivity index (χ4v) is 1.69. The fraction of sp³-hybridized carbons (Fsp3) is 0.700. The molecule has 1 aliphatic heterocycles. The summed E-state index contributed by atoms with van der Waals surface area (Å²) < 4.78 is 0. The summed E-state index contributed by atoms with van der Waals surface area (Å²) in [4.78, 5) is 34.4. The normalized spacial score (nSPS) is 18.3. The topological polar surface area (TPSA) is 74.7 Å². The van der Waals surface area contributed by atoms with Crippen molar-refractivity contribution in [2.45, 2.75) is 32.6 Å². The number of rotatable bonds is 5. The number of amides is 2. The third-order valence-corrected chi connectivity index (χ3v) is 2.54. The van der Waals surface area contributed by atoms with E-state index in [0.29, 0.717) is 6.42 Å². The molecule has 0 aromatic heterocycles. The van der Waals surface area contributed by atoms with Crippen LogP contribution in [0, 0.1) is 5.92 Å². The number of carbonyl (C=O) groups is 3. The lowest BCUT2D eigenvalue weighted by Crippen LogP contribution is -2.36. The Balaban J connectivity index is 2.60. The number of aliphatic carboxylic acids is 1. The minimum atomic E-state index is -0.940. The third kappa shape index (κ3) is 2.78. The van der Waals surface area contributed by atoms with Crippen LogP contribution in [-0.4, -0.2) is 34.3 Å². The number of imide groups is 1. The van der Waals surface area contributed by atoms with Crippen molar-refractivity contribution in [2.75, 3.05) is 6.54 Å². The SMILES string of the molecule is CCCC(CN1C(=O)CCC1=O)C(=O)O. The molecule has 1 fully saturated rings. The van der Waals surface area contributed by atoms with E-state index in [1.54, 1.807) is 0 Å². The Bertz CT molecular complexity index is 271. The molecule has 5 nitrogen and oxygen atoms in total. The molecule has 0 saturated carbocycles. The first-order valence-electron chi connectivity index (χ1n) is 5.12. The van der Waals surface area contributed by atoms with Crippen molar-refractivity contribution < 1.29 is 19.5 Å². The van der Waals surface area contributed by atoms with Crippen LogP contribution < -0.4 is 0 Å². The molecule has 2 amide bonds. The number of carboxylic acids is 1. The minimum Gasteiger partial charge on any atom is -0.481 e. The summed E-state index contributed by atoms with van der Waals surface area (Å²) in [7, 11) is 0. The Morgan fingerprint density at radius 2 is 1.93 bits per heavy atom. The van der Waals surface area contributed by atoms with Gasteiger partial charge in [-0.15, -0.1) is 0 Å². The molecule has 1 atom stereocenters. The monoisotopic (exact) mass is 213 g/mol. The zero-order valence-corrected chi connectivity index (χ0v) is 8.73. The van der Waals surface area contributed by atoms with Gasteiger partial charge in [0, 0.05) is 19.4 Å². The Hall–Kier alpha value is -1.39. The Labute approximate surface area is 88.1 Å². The quantitative estimate of drug-likeness (QED) is 0.680. The van der Waals surface area contributed by atoms with Crippen LogP contribution in [0.25, 0.3) is 0 Å². The third-order valence-electron chi connectivity index (χ3n) is 2.54. The Morgan fingerprint density at radius 3 is 2.33 bits per heavy atom. The molecular formula is C10H15NO4. The molecule has 0 spiro atoms. The second kappa shape index (κ2) is 4.91. The first kappa shape index (κ1) is 11.7. The predicted molar refractivity (Wildman–Crippen MR) is 52.0 cm³/mol. The molecule has 0 bridgehead atoms. The lowest BCUT2D eigenvalue weighted by atomic mass is 10.0. The minimum absolute atomic E-state index is 0.0286. The lowest BCUT2D eigenvalue weighted by molar-refractivity contribution is -0.145. The van der Waals surface area contributed by atoms with Crippen molar-refractivity contribution in [3.8, 4) is 0 Å². The van der Waals surface area contributed by atoms with Crippen LogP contribution in [0.1, 0.15) is 32.6 Å². The lowest BCUT2D eigenvalue weighted by Gasteiger charge is -2.18. The van der Waals surface area contributed by atoms with Crippen molar-refractivity contribution >= 4 is 17.8 Å². The Morgan fingerprint density at radius 1 is 1.40 bits per heavy atom. The summed E-state index contributed by atoms with van der Waals surface area (Å²) >= 11 is 0. The smallest absolute Gasteiger partial charge is 0.308 e. The first-order chi connectivity index (χ1) is 7.06. The molecule has 0 aromatic rings. The summed E-state index contributed by atoms with van der Waals surface area (Å²) in [5.74, 6) is -2.06. The van der Waals surface area contributed by atoms with Gasteiger partial charge in [0.1, 0.15) is 0 Å². The van der Waals surface area contributed by atoms with Crippen molar-refractivity contribution in [2.24, 2.45) is 5.92 Å². The summed E-state index contributed by atoms with van der Waals surface area (Å²) in [5.41, 5.74) is 0. The van der Waals surface area contributed by atoms with Gasteiger partial charge in [0.2, 0.25) is 11.8 Å². The number of hydrogen-bond acceptors (Lipinski definition) is 3. The van der Waals surface area contributed by atoms with E-state index >= 15 is 0 Å². The molecule has 15 heavy (non-hydrogen) atoms. The van der Waals surface area contributed by atoms with Crippen LogP contribution >= 0.6 is 0 Å². The molecule has 84 valence electrons. The number of carbonyl (C=O) groups excluding carboxylic acids is 2. The van der Waals surface area contributed by atoms with Gasteiger partial charge >= 0.3 is 5.97 Å². The fourth-order valence-electron chi connectivity index (χ4n) is 1.69. The molecule has 0 aromatic carbocycles. The van der Waals surface area contributed by atoms with Gasteiger partial charge in [0.15, 0.2) is 0 Å². The maximum absolute atomic E-state index is 11.3. The van der Waals surface area contributed by atoms with E-state index in [1.165, 1.54) is 0 Å². The van der Waals surface area contributed by atoms with Gasteiger partial charge in [-0.2, -0.15) is 0 Å². The molecule has 0 aliphatic carbocycles. The zero-order chi connectivity index (χ0) is 11.4. The van der Waals surface area contributed by atoms with E-state index in [9.17, 15) is 14.4 Å². The van der Waals surface area contributed by atoms with Crippen LogP contribution in [0.5, 0.6) is 0 Å². The van der Waals surface area contributed by atoms with Crippen molar-refractivity contribution in [3.63, 3.8) is 0 Å². The van der Waals surface area contributed by atoms with E-state index in [1.807, 2.05) is 6.92 Å². The summed E-state index contributed by atoms with van der Waals surface area (Å²) in [6.45, 7) is 1.91. The molecular weight excluding hydrogens is 198 g/mol. The van der Waals surface area contributed by atoms with Gasteiger partial charge in [-0.3, -0.25) is 19.3 Å². The van der Waals surface area contributed by atoms with E-state index in [2.05, 4.69) is 0 Å². The average Bonchev–Trinajstić information content (AvgIpc) is 2.48. The maximum atomic E-state index is 11.3. The van der Waals surface area contributed by atoms with Gasteiger partial charge < -0.3 is 5.11 Å². The molecule has 1 heterocycles. The van der Waals surface area contributed by atoms with Crippen molar-refractivity contribution in [3.05, 3.63) is 0 Å². The number of likely N-dealkylation sites (tertiary alicyclic amines) is 1. The molecule has 1 saturated heterocycles. The van der Waals surface area contributed by atoms with E-state index in [4.69, 9.17) is 5.11 Å². The summed E-state index contributed by atoms with van der Waals surface area (Å²) in [6.07, 6.45) is 1.66. The highest BCUT2D eigenvalue weighted by molar-refractivity contribution is 6.02. The molecule has 0 radical (unpaired) electrons. The predicted octanol–water partition coefficient (Wildman–Crippen LogP) is 0.636. The number of nitrogens with zero attached hydrogens (tertiary/aromatic N) is 1. The Kier molecular flexibility index (Phi) is 3.82. The number of carboxylic acid groups (broad SMARTS) is 1. The van der Waals surface area contributed by atoms with Gasteiger partial charge in [0.05, 0.1) is 5.92 Å². The van der Waals surface area contributed by atoms with E-state index < -0.39 is 11.9 Å². The molecule has 5 heteroatoms. The van der Waals surface area contributed by atoms with Crippen LogP contribution in [-0.2, 0) is 14.4 Å².